The fourth-order valence-electron chi connectivity index (χ4n) is 3.54. The number of hydrazine groups is 1. The summed E-state index contributed by atoms with van der Waals surface area (Å²) in [5.41, 5.74) is 8.68. The average molecular weight is 354 g/mol. The zero-order valence-electron chi connectivity index (χ0n) is 14.7. The van der Waals surface area contributed by atoms with Crippen LogP contribution in [0.25, 0.3) is 0 Å². The van der Waals surface area contributed by atoms with Crippen LogP contribution < -0.4 is 16.2 Å². The highest BCUT2D eigenvalue weighted by Gasteiger charge is 2.37. The fourth-order valence-corrected chi connectivity index (χ4v) is 3.54. The number of halogens is 1. The van der Waals surface area contributed by atoms with Crippen molar-refractivity contribution in [3.05, 3.63) is 65.2 Å². The molecule has 1 saturated carbocycles. The predicted octanol–water partition coefficient (Wildman–Crippen LogP) is 2.70. The Balaban J connectivity index is 1.44. The van der Waals surface area contributed by atoms with Gasteiger partial charge in [0.2, 0.25) is 5.91 Å². The molecule has 26 heavy (non-hydrogen) atoms. The summed E-state index contributed by atoms with van der Waals surface area (Å²) >= 11 is 0. The van der Waals surface area contributed by atoms with Crippen molar-refractivity contribution < 1.29 is 9.18 Å². The second-order valence-electron chi connectivity index (χ2n) is 7.23. The molecule has 1 aromatic carbocycles. The van der Waals surface area contributed by atoms with Crippen molar-refractivity contribution in [1.29, 1.82) is 0 Å². The standard InChI is InChI=1S/C20H23FN4O/c1-12-8-9-22-17(10-12)19(13-6-7-13)23-20(26)18-11-16(24-25-18)14-4-2-3-5-15(14)21/h2-5,8-10,13,16,18-19,24-25H,6-7,11H2,1H3,(H,23,26). The summed E-state index contributed by atoms with van der Waals surface area (Å²) in [7, 11) is 0. The molecule has 1 saturated heterocycles. The maximum Gasteiger partial charge on any atom is 0.239 e. The van der Waals surface area contributed by atoms with Crippen molar-refractivity contribution in [3.63, 3.8) is 0 Å². The minimum absolute atomic E-state index is 0.0586. The van der Waals surface area contributed by atoms with Gasteiger partial charge in [-0.2, -0.15) is 0 Å². The largest absolute Gasteiger partial charge is 0.346 e. The molecular weight excluding hydrogens is 331 g/mol. The summed E-state index contributed by atoms with van der Waals surface area (Å²) in [6.07, 6.45) is 4.50. The van der Waals surface area contributed by atoms with E-state index in [4.69, 9.17) is 0 Å². The van der Waals surface area contributed by atoms with E-state index < -0.39 is 6.04 Å². The molecule has 3 N–H and O–H groups in total. The Morgan fingerprint density at radius 3 is 2.81 bits per heavy atom. The zero-order chi connectivity index (χ0) is 18.1. The number of amides is 1. The lowest BCUT2D eigenvalue weighted by Crippen LogP contribution is -2.45. The molecule has 1 amide bonds. The summed E-state index contributed by atoms with van der Waals surface area (Å²) in [6.45, 7) is 2.03. The number of nitrogens with zero attached hydrogens (tertiary/aromatic N) is 1. The minimum Gasteiger partial charge on any atom is -0.346 e. The van der Waals surface area contributed by atoms with Crippen LogP contribution in [0.3, 0.4) is 0 Å². The van der Waals surface area contributed by atoms with Crippen LogP contribution in [0.5, 0.6) is 0 Å². The first-order chi connectivity index (χ1) is 12.6. The molecule has 1 aliphatic heterocycles. The summed E-state index contributed by atoms with van der Waals surface area (Å²) in [4.78, 5) is 17.2. The van der Waals surface area contributed by atoms with Crippen LogP contribution in [-0.4, -0.2) is 16.9 Å². The summed E-state index contributed by atoms with van der Waals surface area (Å²) < 4.78 is 14.0. The van der Waals surface area contributed by atoms with Gasteiger partial charge in [-0.25, -0.2) is 15.2 Å². The van der Waals surface area contributed by atoms with E-state index in [0.717, 1.165) is 24.1 Å². The Morgan fingerprint density at radius 1 is 1.27 bits per heavy atom. The number of rotatable bonds is 5. The lowest BCUT2D eigenvalue weighted by molar-refractivity contribution is -0.123. The van der Waals surface area contributed by atoms with Crippen molar-refractivity contribution in [2.75, 3.05) is 0 Å². The number of pyridine rings is 1. The van der Waals surface area contributed by atoms with E-state index in [2.05, 4.69) is 21.2 Å². The van der Waals surface area contributed by atoms with Gasteiger partial charge in [-0.15, -0.1) is 0 Å². The Hall–Kier alpha value is -2.31. The number of benzene rings is 1. The van der Waals surface area contributed by atoms with Crippen LogP contribution >= 0.6 is 0 Å². The van der Waals surface area contributed by atoms with Gasteiger partial charge in [0, 0.05) is 11.8 Å². The van der Waals surface area contributed by atoms with Gasteiger partial charge in [-0.05, 0) is 55.9 Å². The second-order valence-corrected chi connectivity index (χ2v) is 7.23. The Bertz CT molecular complexity index is 808. The molecule has 6 heteroatoms. The van der Waals surface area contributed by atoms with Gasteiger partial charge in [0.05, 0.1) is 17.8 Å². The normalized spacial score (nSPS) is 23.6. The minimum atomic E-state index is -0.398. The molecule has 1 aliphatic carbocycles. The van der Waals surface area contributed by atoms with E-state index >= 15 is 0 Å². The number of aryl methyl sites for hydroxylation is 1. The molecule has 2 fully saturated rings. The van der Waals surface area contributed by atoms with Crippen molar-refractivity contribution in [3.8, 4) is 0 Å². The molecule has 2 aliphatic rings. The molecule has 136 valence electrons. The topological polar surface area (TPSA) is 66.0 Å². The first-order valence-electron chi connectivity index (χ1n) is 9.10. The molecular formula is C20H23FN4O. The Kier molecular flexibility index (Phi) is 4.70. The van der Waals surface area contributed by atoms with Gasteiger partial charge in [0.1, 0.15) is 11.9 Å². The summed E-state index contributed by atoms with van der Waals surface area (Å²) in [6, 6.07) is 9.98. The lowest BCUT2D eigenvalue weighted by atomic mass is 10.0. The molecule has 3 atom stereocenters. The Morgan fingerprint density at radius 2 is 2.08 bits per heavy atom. The van der Waals surface area contributed by atoms with Gasteiger partial charge in [0.15, 0.2) is 0 Å². The third-order valence-corrected chi connectivity index (χ3v) is 5.15. The molecule has 4 rings (SSSR count). The monoisotopic (exact) mass is 354 g/mol. The van der Waals surface area contributed by atoms with E-state index in [0.29, 0.717) is 17.9 Å². The molecule has 0 radical (unpaired) electrons. The lowest BCUT2D eigenvalue weighted by Gasteiger charge is -2.20. The molecule has 0 spiro atoms. The second kappa shape index (κ2) is 7.13. The zero-order valence-corrected chi connectivity index (χ0v) is 14.7. The molecule has 2 aromatic rings. The molecule has 0 bridgehead atoms. The highest BCUT2D eigenvalue weighted by molar-refractivity contribution is 5.82. The smallest absolute Gasteiger partial charge is 0.239 e. The van der Waals surface area contributed by atoms with Crippen LogP contribution in [0.4, 0.5) is 4.39 Å². The summed E-state index contributed by atoms with van der Waals surface area (Å²) in [5.74, 6) is 0.120. The number of nitrogens with one attached hydrogen (secondary N) is 3. The molecule has 5 nitrogen and oxygen atoms in total. The van der Waals surface area contributed by atoms with Gasteiger partial charge in [-0.3, -0.25) is 9.78 Å². The van der Waals surface area contributed by atoms with E-state index in [1.165, 1.54) is 6.07 Å². The number of aromatic nitrogens is 1. The summed E-state index contributed by atoms with van der Waals surface area (Å²) in [5, 5.41) is 3.15. The number of hydrogen-bond donors (Lipinski definition) is 3. The van der Waals surface area contributed by atoms with Crippen LogP contribution in [0, 0.1) is 18.7 Å². The van der Waals surface area contributed by atoms with E-state index in [1.807, 2.05) is 19.1 Å². The van der Waals surface area contributed by atoms with E-state index in [9.17, 15) is 9.18 Å². The maximum atomic E-state index is 14.0. The third kappa shape index (κ3) is 3.61. The van der Waals surface area contributed by atoms with Gasteiger partial charge in [-0.1, -0.05) is 18.2 Å². The number of hydrogen-bond acceptors (Lipinski definition) is 4. The highest BCUT2D eigenvalue weighted by atomic mass is 19.1. The van der Waals surface area contributed by atoms with Crippen LogP contribution in [0.15, 0.2) is 42.6 Å². The molecule has 2 heterocycles. The van der Waals surface area contributed by atoms with Gasteiger partial charge in [0.25, 0.3) is 0 Å². The van der Waals surface area contributed by atoms with Gasteiger partial charge >= 0.3 is 0 Å². The van der Waals surface area contributed by atoms with Gasteiger partial charge < -0.3 is 5.32 Å². The van der Waals surface area contributed by atoms with Crippen LogP contribution in [-0.2, 0) is 4.79 Å². The van der Waals surface area contributed by atoms with E-state index in [1.54, 1.807) is 24.4 Å². The van der Waals surface area contributed by atoms with Crippen LogP contribution in [0.1, 0.15) is 48.2 Å². The third-order valence-electron chi connectivity index (χ3n) is 5.15. The quantitative estimate of drug-likeness (QED) is 0.772. The van der Waals surface area contributed by atoms with Crippen molar-refractivity contribution in [2.24, 2.45) is 5.92 Å². The van der Waals surface area contributed by atoms with Crippen molar-refractivity contribution >= 4 is 5.91 Å². The van der Waals surface area contributed by atoms with Crippen molar-refractivity contribution in [2.45, 2.75) is 44.3 Å². The SMILES string of the molecule is Cc1ccnc(C(NC(=O)C2CC(c3ccccc3F)NN2)C2CC2)c1. The number of carbonyl (C=O) groups is 1. The van der Waals surface area contributed by atoms with E-state index in [-0.39, 0.29) is 23.8 Å². The molecule has 1 aromatic heterocycles. The Labute approximate surface area is 152 Å². The number of carbonyl (C=O) groups excluding carboxylic acids is 1. The maximum absolute atomic E-state index is 14.0. The fraction of sp³-hybridized carbons (Fsp3) is 0.400. The predicted molar refractivity (Wildman–Crippen MR) is 96.4 cm³/mol. The highest BCUT2D eigenvalue weighted by Crippen LogP contribution is 2.40. The van der Waals surface area contributed by atoms with Crippen molar-refractivity contribution in [1.82, 2.24) is 21.2 Å². The molecule has 3 unspecified atom stereocenters. The van der Waals surface area contributed by atoms with Crippen LogP contribution in [0.2, 0.25) is 0 Å². The first-order valence-corrected chi connectivity index (χ1v) is 9.10. The first kappa shape index (κ1) is 17.1. The average Bonchev–Trinajstić information content (AvgIpc) is 3.36.